The lowest BCUT2D eigenvalue weighted by Crippen LogP contribution is -2.36. The first-order valence-electron chi connectivity index (χ1n) is 6.40. The van der Waals surface area contributed by atoms with Crippen molar-refractivity contribution in [2.45, 2.75) is 12.6 Å². The predicted molar refractivity (Wildman–Crippen MR) is 86.8 cm³/mol. The van der Waals surface area contributed by atoms with Crippen molar-refractivity contribution in [3.63, 3.8) is 0 Å². The fraction of sp³-hybridized carbons (Fsp3) is 0.200. The molecule has 7 heteroatoms. The quantitative estimate of drug-likeness (QED) is 0.849. The second-order valence-electron chi connectivity index (χ2n) is 4.52. The van der Waals surface area contributed by atoms with Gasteiger partial charge in [-0.3, -0.25) is 4.90 Å². The Morgan fingerprint density at radius 1 is 1.32 bits per heavy atom. The highest BCUT2D eigenvalue weighted by Crippen LogP contribution is 2.32. The maximum Gasteiger partial charge on any atom is 0.410 e. The Morgan fingerprint density at radius 2 is 2.00 bits per heavy atom. The van der Waals surface area contributed by atoms with Gasteiger partial charge in [-0.2, -0.15) is 0 Å². The summed E-state index contributed by atoms with van der Waals surface area (Å²) in [6.07, 6.45) is -0.684. The number of carbonyl (C=O) groups is 2. The van der Waals surface area contributed by atoms with E-state index in [0.29, 0.717) is 9.35 Å². The Balaban J connectivity index is 2.07. The first-order valence-corrected chi connectivity index (χ1v) is 8.07. The predicted octanol–water partition coefficient (Wildman–Crippen LogP) is 3.90. The van der Waals surface area contributed by atoms with E-state index in [1.807, 2.05) is 30.3 Å². The Labute approximate surface area is 140 Å². The molecule has 1 amide bonds. The van der Waals surface area contributed by atoms with Gasteiger partial charge < -0.3 is 9.84 Å². The molecule has 0 fully saturated rings. The second-order valence-corrected chi connectivity index (χ2v) is 6.33. The van der Waals surface area contributed by atoms with Crippen LogP contribution in [0.4, 0.5) is 4.79 Å². The first-order chi connectivity index (χ1) is 10.5. The summed E-state index contributed by atoms with van der Waals surface area (Å²) in [6, 6.07) is 9.88. The van der Waals surface area contributed by atoms with Gasteiger partial charge in [0.1, 0.15) is 6.61 Å². The number of rotatable bonds is 5. The number of carboxylic acids is 1. The molecule has 1 N–H and O–H groups in total. The van der Waals surface area contributed by atoms with Crippen molar-refractivity contribution < 1.29 is 19.4 Å². The number of thiophene rings is 1. The van der Waals surface area contributed by atoms with Crippen LogP contribution in [-0.4, -0.2) is 29.1 Å². The number of aliphatic carboxylic acids is 1. The normalized spacial score (nSPS) is 11.7. The summed E-state index contributed by atoms with van der Waals surface area (Å²) in [5.41, 5.74) is 0.841. The number of amides is 1. The van der Waals surface area contributed by atoms with Crippen molar-refractivity contribution in [2.24, 2.45) is 0 Å². The average Bonchev–Trinajstić information content (AvgIpc) is 2.91. The smallest absolute Gasteiger partial charge is 0.410 e. The highest BCUT2D eigenvalue weighted by molar-refractivity contribution is 9.10. The van der Waals surface area contributed by atoms with Crippen LogP contribution in [0.2, 0.25) is 0 Å². The van der Waals surface area contributed by atoms with Crippen molar-refractivity contribution >= 4 is 39.3 Å². The maximum atomic E-state index is 12.1. The first kappa shape index (κ1) is 16.5. The van der Waals surface area contributed by atoms with Gasteiger partial charge in [-0.05, 0) is 32.9 Å². The van der Waals surface area contributed by atoms with Crippen LogP contribution < -0.4 is 0 Å². The zero-order valence-electron chi connectivity index (χ0n) is 11.7. The lowest BCUT2D eigenvalue weighted by atomic mass is 10.2. The molecule has 0 aliphatic carbocycles. The molecule has 1 unspecified atom stereocenters. The van der Waals surface area contributed by atoms with E-state index in [-0.39, 0.29) is 6.61 Å². The van der Waals surface area contributed by atoms with Crippen LogP contribution in [0.5, 0.6) is 0 Å². The van der Waals surface area contributed by atoms with Crippen LogP contribution >= 0.6 is 27.3 Å². The number of carboxylic acid groups (broad SMARTS) is 1. The van der Waals surface area contributed by atoms with Gasteiger partial charge in [-0.15, -0.1) is 11.3 Å². The minimum Gasteiger partial charge on any atom is -0.479 e. The Morgan fingerprint density at radius 3 is 2.55 bits per heavy atom. The summed E-state index contributed by atoms with van der Waals surface area (Å²) in [7, 11) is 1.41. The lowest BCUT2D eigenvalue weighted by Gasteiger charge is -2.23. The van der Waals surface area contributed by atoms with Gasteiger partial charge in [-0.1, -0.05) is 30.3 Å². The standard InChI is InChI=1S/C15H14BrNO4S/c1-17(12(14(18)19)13-11(16)7-8-22-13)15(20)21-9-10-5-3-2-4-6-10/h2-8,12H,9H2,1H3,(H,18,19). The van der Waals surface area contributed by atoms with Crippen molar-refractivity contribution in [1.82, 2.24) is 4.90 Å². The van der Waals surface area contributed by atoms with Gasteiger partial charge >= 0.3 is 12.1 Å². The number of hydrogen-bond acceptors (Lipinski definition) is 4. The second kappa shape index (κ2) is 7.42. The summed E-state index contributed by atoms with van der Waals surface area (Å²) < 4.78 is 5.83. The Kier molecular flexibility index (Phi) is 5.57. The van der Waals surface area contributed by atoms with E-state index in [1.165, 1.54) is 18.4 Å². The third kappa shape index (κ3) is 3.86. The zero-order chi connectivity index (χ0) is 16.1. The highest BCUT2D eigenvalue weighted by Gasteiger charge is 2.31. The molecular formula is C15H14BrNO4S. The molecule has 22 heavy (non-hydrogen) atoms. The zero-order valence-corrected chi connectivity index (χ0v) is 14.1. The number of halogens is 1. The van der Waals surface area contributed by atoms with E-state index >= 15 is 0 Å². The van der Waals surface area contributed by atoms with Crippen molar-refractivity contribution in [1.29, 1.82) is 0 Å². The minimum absolute atomic E-state index is 0.0992. The van der Waals surface area contributed by atoms with Crippen molar-refractivity contribution in [3.8, 4) is 0 Å². The Hall–Kier alpha value is -1.86. The number of benzene rings is 1. The Bertz CT molecular complexity index is 659. The molecule has 1 heterocycles. The number of carbonyl (C=O) groups excluding carboxylic acids is 1. The molecule has 0 spiro atoms. The molecule has 0 aliphatic rings. The molecule has 0 radical (unpaired) electrons. The number of nitrogens with zero attached hydrogens (tertiary/aromatic N) is 1. The fourth-order valence-electron chi connectivity index (χ4n) is 1.88. The monoisotopic (exact) mass is 383 g/mol. The molecule has 5 nitrogen and oxygen atoms in total. The average molecular weight is 384 g/mol. The van der Waals surface area contributed by atoms with Gasteiger partial charge in [0.15, 0.2) is 6.04 Å². The van der Waals surface area contributed by atoms with Crippen LogP contribution in [0.3, 0.4) is 0 Å². The molecule has 1 aromatic carbocycles. The molecule has 0 saturated carbocycles. The molecule has 0 bridgehead atoms. The summed E-state index contributed by atoms with van der Waals surface area (Å²) in [5, 5.41) is 11.2. The van der Waals surface area contributed by atoms with Crippen LogP contribution in [0.15, 0.2) is 46.3 Å². The third-order valence-electron chi connectivity index (χ3n) is 3.01. The molecule has 0 aliphatic heterocycles. The molecule has 2 aromatic rings. The molecular weight excluding hydrogens is 370 g/mol. The molecule has 2 rings (SSSR count). The number of likely N-dealkylation sites (N-methyl/N-ethyl adjacent to an activating group) is 1. The third-order valence-corrected chi connectivity index (χ3v) is 4.93. The van der Waals surface area contributed by atoms with Crippen molar-refractivity contribution in [3.05, 3.63) is 56.7 Å². The topological polar surface area (TPSA) is 66.8 Å². The SMILES string of the molecule is CN(C(=O)OCc1ccccc1)C(C(=O)O)c1sccc1Br. The molecule has 1 aromatic heterocycles. The van der Waals surface area contributed by atoms with E-state index in [0.717, 1.165) is 10.5 Å². The van der Waals surface area contributed by atoms with Gasteiger partial charge in [-0.25, -0.2) is 9.59 Å². The van der Waals surface area contributed by atoms with Gasteiger partial charge in [0, 0.05) is 11.5 Å². The van der Waals surface area contributed by atoms with E-state index < -0.39 is 18.1 Å². The van der Waals surface area contributed by atoms with E-state index in [2.05, 4.69) is 15.9 Å². The molecule has 0 saturated heterocycles. The maximum absolute atomic E-state index is 12.1. The summed E-state index contributed by atoms with van der Waals surface area (Å²) in [6.45, 7) is 0.0992. The minimum atomic E-state index is -1.11. The van der Waals surface area contributed by atoms with Crippen molar-refractivity contribution in [2.75, 3.05) is 7.05 Å². The van der Waals surface area contributed by atoms with Crippen LogP contribution in [-0.2, 0) is 16.1 Å². The summed E-state index contributed by atoms with van der Waals surface area (Å²) in [5.74, 6) is -1.11. The highest BCUT2D eigenvalue weighted by atomic mass is 79.9. The fourth-order valence-corrected chi connectivity index (χ4v) is 3.60. The van der Waals surface area contributed by atoms with Crippen LogP contribution in [0.25, 0.3) is 0 Å². The van der Waals surface area contributed by atoms with Gasteiger partial charge in [0.2, 0.25) is 0 Å². The van der Waals surface area contributed by atoms with Gasteiger partial charge in [0.25, 0.3) is 0 Å². The molecule has 116 valence electrons. The van der Waals surface area contributed by atoms with Crippen LogP contribution in [0.1, 0.15) is 16.5 Å². The molecule has 1 atom stereocenters. The van der Waals surface area contributed by atoms with Crippen LogP contribution in [0, 0.1) is 0 Å². The van der Waals surface area contributed by atoms with E-state index in [4.69, 9.17) is 4.74 Å². The number of hydrogen-bond donors (Lipinski definition) is 1. The lowest BCUT2D eigenvalue weighted by molar-refractivity contribution is -0.142. The summed E-state index contributed by atoms with van der Waals surface area (Å²) in [4.78, 5) is 25.2. The van der Waals surface area contributed by atoms with Gasteiger partial charge in [0.05, 0.1) is 4.88 Å². The number of ether oxygens (including phenoxy) is 1. The largest absolute Gasteiger partial charge is 0.479 e. The van der Waals surface area contributed by atoms with E-state index in [9.17, 15) is 14.7 Å². The summed E-state index contributed by atoms with van der Waals surface area (Å²) >= 11 is 4.57. The van der Waals surface area contributed by atoms with E-state index in [1.54, 1.807) is 11.4 Å².